The first-order valence-electron chi connectivity index (χ1n) is 3.12. The predicted molar refractivity (Wildman–Crippen MR) is 41.7 cm³/mol. The third kappa shape index (κ3) is 1.65. The third-order valence-corrected chi connectivity index (χ3v) is 1.59. The van der Waals surface area contributed by atoms with Crippen LogP contribution in [0.4, 0.5) is 0 Å². The molecule has 0 aromatic carbocycles. The fourth-order valence-corrected chi connectivity index (χ4v) is 0.943. The van der Waals surface area contributed by atoms with E-state index in [2.05, 4.69) is 0 Å². The van der Waals surface area contributed by atoms with Gasteiger partial charge in [-0.05, 0) is 13.8 Å². The first kappa shape index (κ1) is 7.91. The number of rotatable bonds is 1. The number of hydrogen-bond acceptors (Lipinski definition) is 3. The van der Waals surface area contributed by atoms with Gasteiger partial charge in [-0.2, -0.15) is 0 Å². The maximum Gasteiger partial charge on any atom is 0.163 e. The Hall–Kier alpha value is -0.190. The number of hydrogen-bond donors (Lipinski definition) is 1. The van der Waals surface area contributed by atoms with Crippen LogP contribution < -0.4 is 5.73 Å². The van der Waals surface area contributed by atoms with Gasteiger partial charge >= 0.3 is 0 Å². The molecule has 2 N–H and O–H groups in total. The van der Waals surface area contributed by atoms with Crippen LogP contribution in [0.25, 0.3) is 0 Å². The van der Waals surface area contributed by atoms with Crippen LogP contribution in [-0.2, 0) is 9.47 Å². The van der Waals surface area contributed by atoms with Crippen molar-refractivity contribution in [3.8, 4) is 0 Å². The fourth-order valence-electron chi connectivity index (χ4n) is 0.827. The molecule has 0 amide bonds. The topological polar surface area (TPSA) is 44.5 Å². The molecule has 0 aromatic rings. The maximum atomic E-state index is 5.35. The highest BCUT2D eigenvalue weighted by atomic mass is 32.1. The van der Waals surface area contributed by atoms with Gasteiger partial charge in [0.05, 0.1) is 6.61 Å². The van der Waals surface area contributed by atoms with Crippen molar-refractivity contribution in [2.45, 2.75) is 25.7 Å². The van der Waals surface area contributed by atoms with Crippen LogP contribution in [0.2, 0.25) is 0 Å². The van der Waals surface area contributed by atoms with Gasteiger partial charge in [-0.15, -0.1) is 0 Å². The zero-order valence-electron chi connectivity index (χ0n) is 6.09. The van der Waals surface area contributed by atoms with E-state index in [1.54, 1.807) is 0 Å². The highest BCUT2D eigenvalue weighted by molar-refractivity contribution is 7.80. The third-order valence-electron chi connectivity index (χ3n) is 1.33. The molecule has 0 radical (unpaired) electrons. The molecule has 0 aromatic heterocycles. The van der Waals surface area contributed by atoms with Crippen molar-refractivity contribution >= 4 is 17.2 Å². The predicted octanol–water partition coefficient (Wildman–Crippen LogP) is 0.424. The standard InChI is InChI=1S/C6H11NO2S/c1-6(2)8-3-4(9-6)5(7)10/h4H,3H2,1-2H3,(H2,7,10)/t4-/m0/s1. The number of nitrogens with two attached hydrogens (primary N) is 1. The van der Waals surface area contributed by atoms with Crippen LogP contribution in [0.5, 0.6) is 0 Å². The molecule has 1 heterocycles. The van der Waals surface area contributed by atoms with Crippen molar-refractivity contribution in [2.75, 3.05) is 6.61 Å². The summed E-state index contributed by atoms with van der Waals surface area (Å²) in [4.78, 5) is 0.366. The van der Waals surface area contributed by atoms with Crippen molar-refractivity contribution in [3.05, 3.63) is 0 Å². The minimum atomic E-state index is -0.520. The lowest BCUT2D eigenvalue weighted by atomic mass is 10.4. The van der Waals surface area contributed by atoms with Crippen molar-refractivity contribution < 1.29 is 9.47 Å². The number of thiocarbonyl (C=S) groups is 1. The van der Waals surface area contributed by atoms with Gasteiger partial charge in [-0.1, -0.05) is 12.2 Å². The summed E-state index contributed by atoms with van der Waals surface area (Å²) >= 11 is 4.73. The van der Waals surface area contributed by atoms with Gasteiger partial charge in [0.2, 0.25) is 0 Å². The van der Waals surface area contributed by atoms with Crippen LogP contribution in [0.1, 0.15) is 13.8 Å². The van der Waals surface area contributed by atoms with Gasteiger partial charge in [-0.3, -0.25) is 0 Å². The Bertz CT molecular complexity index is 158. The first-order chi connectivity index (χ1) is 4.51. The van der Waals surface area contributed by atoms with Crippen molar-refractivity contribution in [1.82, 2.24) is 0 Å². The molecule has 0 saturated carbocycles. The maximum absolute atomic E-state index is 5.35. The fraction of sp³-hybridized carbons (Fsp3) is 0.833. The van der Waals surface area contributed by atoms with Gasteiger partial charge in [0.1, 0.15) is 11.1 Å². The summed E-state index contributed by atoms with van der Waals surface area (Å²) in [6.07, 6.45) is -0.204. The van der Waals surface area contributed by atoms with E-state index in [9.17, 15) is 0 Å². The second-order valence-corrected chi connectivity index (χ2v) is 3.19. The smallest absolute Gasteiger partial charge is 0.163 e. The second kappa shape index (κ2) is 2.45. The average molecular weight is 161 g/mol. The summed E-state index contributed by atoms with van der Waals surface area (Å²) in [5, 5.41) is 0. The lowest BCUT2D eigenvalue weighted by Gasteiger charge is -2.16. The van der Waals surface area contributed by atoms with E-state index in [1.807, 2.05) is 13.8 Å². The molecule has 4 heteroatoms. The minimum absolute atomic E-state index is 0.204. The van der Waals surface area contributed by atoms with E-state index < -0.39 is 5.79 Å². The molecular formula is C6H11NO2S. The molecule has 0 spiro atoms. The summed E-state index contributed by atoms with van der Waals surface area (Å²) in [6, 6.07) is 0. The summed E-state index contributed by atoms with van der Waals surface area (Å²) in [6.45, 7) is 4.15. The average Bonchev–Trinajstić information content (AvgIpc) is 2.10. The van der Waals surface area contributed by atoms with E-state index >= 15 is 0 Å². The number of ether oxygens (including phenoxy) is 2. The van der Waals surface area contributed by atoms with Gasteiger partial charge in [0, 0.05) is 0 Å². The largest absolute Gasteiger partial charge is 0.391 e. The zero-order chi connectivity index (χ0) is 7.78. The monoisotopic (exact) mass is 161 g/mol. The molecule has 58 valence electrons. The molecule has 1 aliphatic heterocycles. The highest BCUT2D eigenvalue weighted by Crippen LogP contribution is 2.21. The molecule has 1 rings (SSSR count). The van der Waals surface area contributed by atoms with Gasteiger partial charge < -0.3 is 15.2 Å². The lowest BCUT2D eigenvalue weighted by Crippen LogP contribution is -2.30. The molecule has 3 nitrogen and oxygen atoms in total. The zero-order valence-corrected chi connectivity index (χ0v) is 6.90. The van der Waals surface area contributed by atoms with Crippen LogP contribution in [-0.4, -0.2) is 23.5 Å². The van der Waals surface area contributed by atoms with Crippen molar-refractivity contribution in [2.24, 2.45) is 5.73 Å². The van der Waals surface area contributed by atoms with Crippen molar-refractivity contribution in [1.29, 1.82) is 0 Å². The van der Waals surface area contributed by atoms with Crippen LogP contribution in [0.15, 0.2) is 0 Å². The molecule has 1 saturated heterocycles. The Morgan fingerprint density at radius 1 is 1.70 bits per heavy atom. The van der Waals surface area contributed by atoms with Crippen LogP contribution in [0, 0.1) is 0 Å². The molecule has 1 atom stereocenters. The molecule has 0 aliphatic carbocycles. The molecule has 0 bridgehead atoms. The van der Waals surface area contributed by atoms with Gasteiger partial charge in [0.15, 0.2) is 5.79 Å². The van der Waals surface area contributed by atoms with E-state index in [0.29, 0.717) is 11.6 Å². The Morgan fingerprint density at radius 3 is 2.50 bits per heavy atom. The normalized spacial score (nSPS) is 30.4. The van der Waals surface area contributed by atoms with Crippen LogP contribution >= 0.6 is 12.2 Å². The Morgan fingerprint density at radius 2 is 2.30 bits per heavy atom. The Labute approximate surface area is 65.5 Å². The molecule has 1 aliphatic rings. The quantitative estimate of drug-likeness (QED) is 0.566. The minimum Gasteiger partial charge on any atom is -0.391 e. The summed E-state index contributed by atoms with van der Waals surface area (Å²) in [7, 11) is 0. The molecular weight excluding hydrogens is 150 g/mol. The van der Waals surface area contributed by atoms with E-state index in [4.69, 9.17) is 27.4 Å². The summed E-state index contributed by atoms with van der Waals surface area (Å²) in [5.74, 6) is -0.520. The van der Waals surface area contributed by atoms with Crippen LogP contribution in [0.3, 0.4) is 0 Å². The first-order valence-corrected chi connectivity index (χ1v) is 3.53. The Kier molecular flexibility index (Phi) is 1.94. The van der Waals surface area contributed by atoms with Gasteiger partial charge in [0.25, 0.3) is 0 Å². The highest BCUT2D eigenvalue weighted by Gasteiger charge is 2.33. The summed E-state index contributed by atoms with van der Waals surface area (Å²) in [5.41, 5.74) is 5.35. The van der Waals surface area contributed by atoms with Gasteiger partial charge in [-0.25, -0.2) is 0 Å². The lowest BCUT2D eigenvalue weighted by molar-refractivity contribution is -0.131. The van der Waals surface area contributed by atoms with E-state index in [-0.39, 0.29) is 6.10 Å². The molecule has 10 heavy (non-hydrogen) atoms. The van der Waals surface area contributed by atoms with E-state index in [0.717, 1.165) is 0 Å². The molecule has 0 unspecified atom stereocenters. The van der Waals surface area contributed by atoms with E-state index in [1.165, 1.54) is 0 Å². The second-order valence-electron chi connectivity index (χ2n) is 2.72. The molecule has 1 fully saturated rings. The Balaban J connectivity index is 2.51. The van der Waals surface area contributed by atoms with Crippen molar-refractivity contribution in [3.63, 3.8) is 0 Å². The SMILES string of the molecule is CC1(C)OC[C@@H](C(N)=S)O1. The summed E-state index contributed by atoms with van der Waals surface area (Å²) < 4.78 is 10.5.